The molecule has 0 radical (unpaired) electrons. The van der Waals surface area contributed by atoms with Gasteiger partial charge in [-0.1, -0.05) is 11.6 Å². The van der Waals surface area contributed by atoms with E-state index >= 15 is 0 Å². The first-order valence-electron chi connectivity index (χ1n) is 8.57. The van der Waals surface area contributed by atoms with Crippen molar-refractivity contribution >= 4 is 21.4 Å². The second-order valence-electron chi connectivity index (χ2n) is 7.02. The fourth-order valence-electron chi connectivity index (χ4n) is 4.32. The molecule has 4 rings (SSSR count). The molecule has 4 nitrogen and oxygen atoms in total. The maximum Gasteiger partial charge on any atom is 0.188 e. The molecule has 1 aliphatic heterocycles. The maximum atomic E-state index is 14.9. The second-order valence-corrected chi connectivity index (χ2v) is 9.66. The largest absolute Gasteiger partial charge is 0.490 e. The number of hydrogen-bond donors (Lipinski definition) is 1. The normalized spacial score (nSPS) is 27.4. The SMILES string of the molecule is O=S(=O)(c1ccc(Cl)cc1)[C@@]12CC[C@@H](O)C[C@@H]1COc1c(F)ccc(F)c12. The van der Waals surface area contributed by atoms with Crippen LogP contribution in [0.1, 0.15) is 24.8 Å². The predicted octanol–water partition coefficient (Wildman–Crippen LogP) is 3.84. The molecule has 1 fully saturated rings. The van der Waals surface area contributed by atoms with Crippen LogP contribution in [0.15, 0.2) is 41.3 Å². The van der Waals surface area contributed by atoms with Gasteiger partial charge in [-0.25, -0.2) is 17.2 Å². The van der Waals surface area contributed by atoms with E-state index in [2.05, 4.69) is 0 Å². The van der Waals surface area contributed by atoms with E-state index in [0.29, 0.717) is 5.02 Å². The minimum absolute atomic E-state index is 0.0233. The Balaban J connectivity index is 2.02. The molecule has 0 aromatic heterocycles. The first-order valence-corrected chi connectivity index (χ1v) is 10.4. The summed E-state index contributed by atoms with van der Waals surface area (Å²) in [4.78, 5) is -0.0233. The maximum absolute atomic E-state index is 14.9. The number of ether oxygens (including phenoxy) is 1. The van der Waals surface area contributed by atoms with Gasteiger partial charge in [0.15, 0.2) is 21.4 Å². The number of halogens is 3. The average Bonchev–Trinajstić information content (AvgIpc) is 2.64. The third-order valence-corrected chi connectivity index (χ3v) is 8.42. The third-order valence-electron chi connectivity index (χ3n) is 5.58. The van der Waals surface area contributed by atoms with Crippen molar-refractivity contribution in [2.24, 2.45) is 5.92 Å². The molecule has 27 heavy (non-hydrogen) atoms. The van der Waals surface area contributed by atoms with E-state index in [0.717, 1.165) is 12.1 Å². The molecule has 1 heterocycles. The molecule has 8 heteroatoms. The Bertz CT molecular complexity index is 994. The zero-order valence-corrected chi connectivity index (χ0v) is 15.7. The van der Waals surface area contributed by atoms with Gasteiger partial charge in [0.05, 0.1) is 23.2 Å². The molecule has 2 aliphatic rings. The molecule has 0 saturated heterocycles. The van der Waals surface area contributed by atoms with Crippen LogP contribution in [-0.4, -0.2) is 26.2 Å². The summed E-state index contributed by atoms with van der Waals surface area (Å²) in [5.41, 5.74) is -0.277. The highest BCUT2D eigenvalue weighted by molar-refractivity contribution is 7.92. The molecule has 144 valence electrons. The van der Waals surface area contributed by atoms with Crippen molar-refractivity contribution in [3.05, 3.63) is 58.6 Å². The van der Waals surface area contributed by atoms with Crippen molar-refractivity contribution in [2.75, 3.05) is 6.61 Å². The predicted molar refractivity (Wildman–Crippen MR) is 95.5 cm³/mol. The summed E-state index contributed by atoms with van der Waals surface area (Å²) in [6, 6.07) is 7.46. The monoisotopic (exact) mass is 414 g/mol. The Morgan fingerprint density at radius 3 is 2.48 bits per heavy atom. The Morgan fingerprint density at radius 1 is 1.11 bits per heavy atom. The van der Waals surface area contributed by atoms with Crippen LogP contribution in [0.5, 0.6) is 5.75 Å². The number of rotatable bonds is 2. The molecule has 3 atom stereocenters. The number of benzene rings is 2. The molecule has 0 unspecified atom stereocenters. The van der Waals surface area contributed by atoms with Crippen LogP contribution in [-0.2, 0) is 14.6 Å². The zero-order chi connectivity index (χ0) is 19.4. The summed E-state index contributed by atoms with van der Waals surface area (Å²) < 4.78 is 60.4. The summed E-state index contributed by atoms with van der Waals surface area (Å²) in [6.45, 7) is -0.114. The van der Waals surface area contributed by atoms with Gasteiger partial charge < -0.3 is 9.84 Å². The molecule has 2 aromatic carbocycles. The second kappa shape index (κ2) is 6.43. The van der Waals surface area contributed by atoms with Gasteiger partial charge in [0.1, 0.15) is 10.6 Å². The van der Waals surface area contributed by atoms with Crippen LogP contribution >= 0.6 is 11.6 Å². The van der Waals surface area contributed by atoms with Gasteiger partial charge in [-0.2, -0.15) is 0 Å². The van der Waals surface area contributed by atoms with Crippen molar-refractivity contribution in [1.29, 1.82) is 0 Å². The van der Waals surface area contributed by atoms with Crippen LogP contribution in [0.2, 0.25) is 5.02 Å². The lowest BCUT2D eigenvalue weighted by molar-refractivity contribution is 0.0395. The molecular weight excluding hydrogens is 398 g/mol. The lowest BCUT2D eigenvalue weighted by atomic mass is 9.72. The van der Waals surface area contributed by atoms with Crippen LogP contribution in [0.3, 0.4) is 0 Å². The topological polar surface area (TPSA) is 63.6 Å². The Morgan fingerprint density at radius 2 is 1.78 bits per heavy atom. The number of hydrogen-bond acceptors (Lipinski definition) is 4. The van der Waals surface area contributed by atoms with E-state index in [9.17, 15) is 22.3 Å². The van der Waals surface area contributed by atoms with E-state index < -0.39 is 38.2 Å². The molecule has 1 aliphatic carbocycles. The third kappa shape index (κ3) is 2.67. The van der Waals surface area contributed by atoms with Crippen LogP contribution in [0.4, 0.5) is 8.78 Å². The Kier molecular flexibility index (Phi) is 4.44. The Hall–Kier alpha value is -1.70. The highest BCUT2D eigenvalue weighted by atomic mass is 35.5. The summed E-state index contributed by atoms with van der Waals surface area (Å²) in [5.74, 6) is -2.70. The molecule has 0 amide bonds. The van der Waals surface area contributed by atoms with E-state index in [4.69, 9.17) is 16.3 Å². The molecule has 0 bridgehead atoms. The lowest BCUT2D eigenvalue weighted by Crippen LogP contribution is -2.53. The average molecular weight is 415 g/mol. The van der Waals surface area contributed by atoms with Crippen molar-refractivity contribution in [1.82, 2.24) is 0 Å². The van der Waals surface area contributed by atoms with Crippen LogP contribution in [0, 0.1) is 17.6 Å². The number of aliphatic hydroxyl groups is 1. The van der Waals surface area contributed by atoms with Crippen LogP contribution < -0.4 is 4.74 Å². The summed E-state index contributed by atoms with van der Waals surface area (Å²) in [6.07, 6.45) is -0.452. The molecule has 2 aromatic rings. The quantitative estimate of drug-likeness (QED) is 0.811. The fraction of sp³-hybridized carbons (Fsp3) is 0.368. The van der Waals surface area contributed by atoms with Crippen molar-refractivity contribution in [3.63, 3.8) is 0 Å². The van der Waals surface area contributed by atoms with Gasteiger partial charge >= 0.3 is 0 Å². The molecule has 1 N–H and O–H groups in total. The van der Waals surface area contributed by atoms with Crippen molar-refractivity contribution in [2.45, 2.75) is 35.0 Å². The number of sulfone groups is 1. The molecule has 0 spiro atoms. The van der Waals surface area contributed by atoms with Crippen molar-refractivity contribution < 1.29 is 27.0 Å². The molecular formula is C19H17ClF2O4S. The van der Waals surface area contributed by atoms with E-state index in [-0.39, 0.29) is 42.1 Å². The number of fused-ring (bicyclic) bond motifs is 3. The van der Waals surface area contributed by atoms with Gasteiger partial charge in [0.25, 0.3) is 0 Å². The van der Waals surface area contributed by atoms with Gasteiger partial charge in [-0.15, -0.1) is 0 Å². The summed E-state index contributed by atoms with van der Waals surface area (Å²) in [7, 11) is -4.13. The highest BCUT2D eigenvalue weighted by Crippen LogP contribution is 2.56. The van der Waals surface area contributed by atoms with E-state index in [1.54, 1.807) is 0 Å². The van der Waals surface area contributed by atoms with Crippen LogP contribution in [0.25, 0.3) is 0 Å². The smallest absolute Gasteiger partial charge is 0.188 e. The lowest BCUT2D eigenvalue weighted by Gasteiger charge is -2.48. The minimum Gasteiger partial charge on any atom is -0.490 e. The fourth-order valence-corrected chi connectivity index (χ4v) is 6.81. The number of aliphatic hydroxyl groups excluding tert-OH is 1. The molecule has 1 saturated carbocycles. The van der Waals surface area contributed by atoms with Gasteiger partial charge in [-0.05, 0) is 55.7 Å². The Labute approximate surface area is 160 Å². The van der Waals surface area contributed by atoms with Gasteiger partial charge in [0.2, 0.25) is 0 Å². The van der Waals surface area contributed by atoms with E-state index in [1.165, 1.54) is 24.3 Å². The first-order chi connectivity index (χ1) is 12.8. The minimum atomic E-state index is -4.13. The summed E-state index contributed by atoms with van der Waals surface area (Å²) >= 11 is 5.87. The van der Waals surface area contributed by atoms with E-state index in [1.807, 2.05) is 0 Å². The first kappa shape index (κ1) is 18.7. The summed E-state index contributed by atoms with van der Waals surface area (Å²) in [5, 5.41) is 10.4. The van der Waals surface area contributed by atoms with Gasteiger partial charge in [0, 0.05) is 10.9 Å². The highest BCUT2D eigenvalue weighted by Gasteiger charge is 2.59. The standard InChI is InChI=1S/C19H17ClF2O4S/c20-12-1-3-14(4-2-12)27(24,25)19-8-7-13(23)9-11(19)10-26-18-16(22)6-5-15(21)17(18)19/h1-6,11,13,23H,7-10H2/t11-,13-,19+/m1/s1. The van der Waals surface area contributed by atoms with Gasteiger partial charge in [-0.3, -0.25) is 0 Å². The zero-order valence-electron chi connectivity index (χ0n) is 14.2. The van der Waals surface area contributed by atoms with Crippen molar-refractivity contribution in [3.8, 4) is 5.75 Å².